The molecule has 0 saturated heterocycles. The summed E-state index contributed by atoms with van der Waals surface area (Å²) in [6.45, 7) is 0.574. The summed E-state index contributed by atoms with van der Waals surface area (Å²) in [5.41, 5.74) is 1.42. The number of anilines is 1. The van der Waals surface area contributed by atoms with Crippen LogP contribution >= 0.6 is 0 Å². The number of hydrogen-bond donors (Lipinski definition) is 1. The second-order valence-electron chi connectivity index (χ2n) is 4.30. The molecule has 0 spiro atoms. The molecule has 20 heavy (non-hydrogen) atoms. The molecule has 0 bridgehead atoms. The fraction of sp³-hybridized carbons (Fsp3) is 0.308. The Morgan fingerprint density at radius 1 is 1.45 bits per heavy atom. The Hall–Kier alpha value is -2.57. The van der Waals surface area contributed by atoms with Crippen molar-refractivity contribution in [2.24, 2.45) is 7.05 Å². The van der Waals surface area contributed by atoms with Crippen LogP contribution in [0.5, 0.6) is 5.75 Å². The Morgan fingerprint density at radius 3 is 2.85 bits per heavy atom. The number of nitro benzene ring substituents is 1. The van der Waals surface area contributed by atoms with Crippen molar-refractivity contribution in [1.29, 1.82) is 0 Å². The van der Waals surface area contributed by atoms with Gasteiger partial charge in [-0.15, -0.1) is 0 Å². The molecule has 0 aliphatic carbocycles. The van der Waals surface area contributed by atoms with Gasteiger partial charge in [0, 0.05) is 26.2 Å². The minimum Gasteiger partial charge on any atom is -0.496 e. The predicted molar refractivity (Wildman–Crippen MR) is 75.1 cm³/mol. The number of aromatic nitrogens is 2. The number of rotatable bonds is 6. The van der Waals surface area contributed by atoms with E-state index in [0.717, 1.165) is 5.69 Å². The molecule has 0 amide bonds. The zero-order valence-corrected chi connectivity index (χ0v) is 11.4. The van der Waals surface area contributed by atoms with Crippen molar-refractivity contribution >= 4 is 11.4 Å². The van der Waals surface area contributed by atoms with Gasteiger partial charge in [0.1, 0.15) is 11.4 Å². The summed E-state index contributed by atoms with van der Waals surface area (Å²) in [4.78, 5) is 10.6. The standard InChI is InChI=1S/C13H16N4O3/c1-16-8-6-10(15-16)5-7-14-12-4-3-11(20-2)9-13(12)17(18)19/h3-4,6,8-9,14H,5,7H2,1-2H3. The maximum absolute atomic E-state index is 11.0. The van der Waals surface area contributed by atoms with Crippen molar-refractivity contribution in [2.45, 2.75) is 6.42 Å². The smallest absolute Gasteiger partial charge is 0.296 e. The van der Waals surface area contributed by atoms with Crippen molar-refractivity contribution < 1.29 is 9.66 Å². The number of methoxy groups -OCH3 is 1. The molecule has 2 rings (SSSR count). The van der Waals surface area contributed by atoms with Crippen LogP contribution in [-0.4, -0.2) is 28.4 Å². The predicted octanol–water partition coefficient (Wildman–Crippen LogP) is 1.99. The highest BCUT2D eigenvalue weighted by atomic mass is 16.6. The van der Waals surface area contributed by atoms with Gasteiger partial charge < -0.3 is 10.1 Å². The summed E-state index contributed by atoms with van der Waals surface area (Å²) in [7, 11) is 3.33. The van der Waals surface area contributed by atoms with Gasteiger partial charge in [-0.3, -0.25) is 14.8 Å². The second-order valence-corrected chi connectivity index (χ2v) is 4.30. The number of benzene rings is 1. The summed E-state index contributed by atoms with van der Waals surface area (Å²) < 4.78 is 6.72. The minimum absolute atomic E-state index is 0.00497. The van der Waals surface area contributed by atoms with Gasteiger partial charge in [0.15, 0.2) is 0 Å². The molecule has 1 aromatic carbocycles. The molecule has 0 aliphatic rings. The maximum Gasteiger partial charge on any atom is 0.296 e. The second kappa shape index (κ2) is 6.05. The zero-order chi connectivity index (χ0) is 14.5. The number of nitrogens with one attached hydrogen (secondary N) is 1. The lowest BCUT2D eigenvalue weighted by Crippen LogP contribution is -2.07. The normalized spacial score (nSPS) is 10.3. The SMILES string of the molecule is COc1ccc(NCCc2ccn(C)n2)c([N+](=O)[O-])c1. The highest BCUT2D eigenvalue weighted by Gasteiger charge is 2.14. The number of ether oxygens (including phenoxy) is 1. The molecule has 1 heterocycles. The summed E-state index contributed by atoms with van der Waals surface area (Å²) in [5, 5.41) is 18.3. The molecule has 0 radical (unpaired) electrons. The van der Waals surface area contributed by atoms with Crippen LogP contribution in [0, 0.1) is 10.1 Å². The third-order valence-corrected chi connectivity index (χ3v) is 2.87. The van der Waals surface area contributed by atoms with Crippen molar-refractivity contribution in [2.75, 3.05) is 19.0 Å². The van der Waals surface area contributed by atoms with Crippen LogP contribution in [0.3, 0.4) is 0 Å². The van der Waals surface area contributed by atoms with Crippen LogP contribution in [-0.2, 0) is 13.5 Å². The molecular weight excluding hydrogens is 260 g/mol. The maximum atomic E-state index is 11.0. The molecule has 0 saturated carbocycles. The minimum atomic E-state index is -0.425. The third-order valence-electron chi connectivity index (χ3n) is 2.87. The first-order valence-corrected chi connectivity index (χ1v) is 6.15. The van der Waals surface area contributed by atoms with Gasteiger partial charge in [-0.1, -0.05) is 0 Å². The van der Waals surface area contributed by atoms with Gasteiger partial charge >= 0.3 is 0 Å². The molecule has 106 valence electrons. The topological polar surface area (TPSA) is 82.2 Å². The Labute approximate surface area is 116 Å². The molecule has 0 aliphatic heterocycles. The fourth-order valence-corrected chi connectivity index (χ4v) is 1.86. The summed E-state index contributed by atoms with van der Waals surface area (Å²) in [6, 6.07) is 6.67. The van der Waals surface area contributed by atoms with Crippen molar-refractivity contribution in [3.05, 3.63) is 46.3 Å². The third kappa shape index (κ3) is 3.25. The van der Waals surface area contributed by atoms with E-state index in [4.69, 9.17) is 4.74 Å². The van der Waals surface area contributed by atoms with Gasteiger partial charge in [-0.05, 0) is 18.2 Å². The van der Waals surface area contributed by atoms with E-state index in [1.807, 2.05) is 19.3 Å². The molecule has 1 N–H and O–H groups in total. The van der Waals surface area contributed by atoms with Gasteiger partial charge in [0.25, 0.3) is 5.69 Å². The van der Waals surface area contributed by atoms with Crippen LogP contribution in [0.1, 0.15) is 5.69 Å². The Kier molecular flexibility index (Phi) is 4.19. The number of nitrogens with zero attached hydrogens (tertiary/aromatic N) is 3. The molecule has 0 atom stereocenters. The molecular formula is C13H16N4O3. The van der Waals surface area contributed by atoms with Crippen molar-refractivity contribution in [3.63, 3.8) is 0 Å². The molecule has 7 heteroatoms. The van der Waals surface area contributed by atoms with E-state index in [9.17, 15) is 10.1 Å². The Morgan fingerprint density at radius 2 is 2.25 bits per heavy atom. The van der Waals surface area contributed by atoms with E-state index in [1.54, 1.807) is 16.8 Å². The van der Waals surface area contributed by atoms with E-state index >= 15 is 0 Å². The van der Waals surface area contributed by atoms with Crippen molar-refractivity contribution in [1.82, 2.24) is 9.78 Å². The van der Waals surface area contributed by atoms with E-state index in [0.29, 0.717) is 24.4 Å². The molecule has 1 aromatic heterocycles. The van der Waals surface area contributed by atoms with Gasteiger partial charge in [0.05, 0.1) is 23.8 Å². The molecule has 0 fully saturated rings. The lowest BCUT2D eigenvalue weighted by Gasteiger charge is -2.07. The summed E-state index contributed by atoms with van der Waals surface area (Å²) in [6.07, 6.45) is 2.56. The average molecular weight is 276 g/mol. The monoisotopic (exact) mass is 276 g/mol. The van der Waals surface area contributed by atoms with E-state index in [1.165, 1.54) is 13.2 Å². The van der Waals surface area contributed by atoms with Gasteiger partial charge in [-0.25, -0.2) is 0 Å². The molecule has 2 aromatic rings. The number of nitro groups is 1. The first-order valence-electron chi connectivity index (χ1n) is 6.15. The molecule has 7 nitrogen and oxygen atoms in total. The quantitative estimate of drug-likeness (QED) is 0.644. The van der Waals surface area contributed by atoms with Crippen LogP contribution in [0.25, 0.3) is 0 Å². The van der Waals surface area contributed by atoms with Gasteiger partial charge in [-0.2, -0.15) is 5.10 Å². The summed E-state index contributed by atoms with van der Waals surface area (Å²) >= 11 is 0. The highest BCUT2D eigenvalue weighted by Crippen LogP contribution is 2.28. The lowest BCUT2D eigenvalue weighted by molar-refractivity contribution is -0.384. The number of hydrogen-bond acceptors (Lipinski definition) is 5. The van der Waals surface area contributed by atoms with Crippen LogP contribution in [0.4, 0.5) is 11.4 Å². The summed E-state index contributed by atoms with van der Waals surface area (Å²) in [5.74, 6) is 0.465. The van der Waals surface area contributed by atoms with Gasteiger partial charge in [0.2, 0.25) is 0 Å². The van der Waals surface area contributed by atoms with Crippen molar-refractivity contribution in [3.8, 4) is 5.75 Å². The van der Waals surface area contributed by atoms with Crippen LogP contribution in [0.2, 0.25) is 0 Å². The fourth-order valence-electron chi connectivity index (χ4n) is 1.86. The zero-order valence-electron chi connectivity index (χ0n) is 11.4. The molecule has 0 unspecified atom stereocenters. The first kappa shape index (κ1) is 13.9. The average Bonchev–Trinajstić information content (AvgIpc) is 2.84. The Bertz CT molecular complexity index is 609. The lowest BCUT2D eigenvalue weighted by atomic mass is 10.2. The van der Waals surface area contributed by atoms with Crippen LogP contribution < -0.4 is 10.1 Å². The Balaban J connectivity index is 2.03. The van der Waals surface area contributed by atoms with E-state index in [2.05, 4.69) is 10.4 Å². The largest absolute Gasteiger partial charge is 0.496 e. The highest BCUT2D eigenvalue weighted by molar-refractivity contribution is 5.63. The number of aryl methyl sites for hydroxylation is 1. The van der Waals surface area contributed by atoms with E-state index in [-0.39, 0.29) is 5.69 Å². The first-order chi connectivity index (χ1) is 9.60. The van der Waals surface area contributed by atoms with Crippen LogP contribution in [0.15, 0.2) is 30.5 Å². The van der Waals surface area contributed by atoms with E-state index < -0.39 is 4.92 Å².